The molecule has 7 heteroatoms. The minimum atomic E-state index is -3.95. The highest BCUT2D eigenvalue weighted by Crippen LogP contribution is 2.33. The number of thioether (sulfide) groups is 1. The zero-order valence-corrected chi connectivity index (χ0v) is 15.0. The third-order valence-corrected chi connectivity index (χ3v) is 7.53. The SMILES string of the molecule is CC#CCOc1ccc(S(=O)(=O)C(C(=O)O)C2CCCCS2)cc1. The molecule has 0 amide bonds. The molecule has 0 spiro atoms. The van der Waals surface area contributed by atoms with Crippen molar-refractivity contribution in [3.63, 3.8) is 0 Å². The van der Waals surface area contributed by atoms with Gasteiger partial charge < -0.3 is 9.84 Å². The van der Waals surface area contributed by atoms with Crippen molar-refractivity contribution in [2.75, 3.05) is 12.4 Å². The number of carbonyl (C=O) groups is 1. The van der Waals surface area contributed by atoms with Crippen molar-refractivity contribution in [2.45, 2.75) is 41.6 Å². The summed E-state index contributed by atoms with van der Waals surface area (Å²) in [6, 6.07) is 5.84. The number of sulfone groups is 1. The lowest BCUT2D eigenvalue weighted by Gasteiger charge is -2.26. The van der Waals surface area contributed by atoms with E-state index in [0.717, 1.165) is 18.6 Å². The van der Waals surface area contributed by atoms with Crippen molar-refractivity contribution < 1.29 is 23.1 Å². The van der Waals surface area contributed by atoms with E-state index in [0.29, 0.717) is 12.2 Å². The van der Waals surface area contributed by atoms with Gasteiger partial charge in [-0.15, -0.1) is 5.92 Å². The summed E-state index contributed by atoms with van der Waals surface area (Å²) in [5.41, 5.74) is 0. The first-order valence-electron chi connectivity index (χ1n) is 7.67. The van der Waals surface area contributed by atoms with E-state index >= 15 is 0 Å². The molecule has 24 heavy (non-hydrogen) atoms. The van der Waals surface area contributed by atoms with Gasteiger partial charge in [-0.1, -0.05) is 12.3 Å². The van der Waals surface area contributed by atoms with Gasteiger partial charge in [-0.05, 0) is 49.8 Å². The molecule has 1 saturated heterocycles. The number of carboxylic acid groups (broad SMARTS) is 1. The van der Waals surface area contributed by atoms with Gasteiger partial charge in [0.2, 0.25) is 0 Å². The third-order valence-electron chi connectivity index (χ3n) is 3.77. The Labute approximate surface area is 146 Å². The molecule has 130 valence electrons. The first kappa shape index (κ1) is 18.7. The van der Waals surface area contributed by atoms with Gasteiger partial charge in [0.15, 0.2) is 15.1 Å². The molecule has 1 fully saturated rings. The minimum Gasteiger partial charge on any atom is -0.481 e. The summed E-state index contributed by atoms with van der Waals surface area (Å²) in [6.07, 6.45) is 2.47. The lowest BCUT2D eigenvalue weighted by Crippen LogP contribution is -2.40. The maximum Gasteiger partial charge on any atom is 0.323 e. The first-order chi connectivity index (χ1) is 11.5. The average molecular weight is 368 g/mol. The molecule has 1 aliphatic heterocycles. The van der Waals surface area contributed by atoms with E-state index in [2.05, 4.69) is 11.8 Å². The fourth-order valence-electron chi connectivity index (χ4n) is 2.56. The van der Waals surface area contributed by atoms with Crippen LogP contribution in [0.5, 0.6) is 5.75 Å². The van der Waals surface area contributed by atoms with Gasteiger partial charge in [-0.2, -0.15) is 11.8 Å². The monoisotopic (exact) mass is 368 g/mol. The Kier molecular flexibility index (Phi) is 6.58. The summed E-state index contributed by atoms with van der Waals surface area (Å²) in [4.78, 5) is 11.6. The van der Waals surface area contributed by atoms with Gasteiger partial charge in [-0.3, -0.25) is 4.79 Å². The van der Waals surface area contributed by atoms with Crippen LogP contribution in [0.2, 0.25) is 0 Å². The highest BCUT2D eigenvalue weighted by atomic mass is 32.2. The van der Waals surface area contributed by atoms with Crippen LogP contribution in [-0.2, 0) is 14.6 Å². The molecule has 1 aliphatic rings. The van der Waals surface area contributed by atoms with Crippen molar-refractivity contribution >= 4 is 27.6 Å². The van der Waals surface area contributed by atoms with Gasteiger partial charge in [0, 0.05) is 5.25 Å². The van der Waals surface area contributed by atoms with Crippen LogP contribution in [0.3, 0.4) is 0 Å². The summed E-state index contributed by atoms with van der Waals surface area (Å²) >= 11 is 1.44. The van der Waals surface area contributed by atoms with Crippen molar-refractivity contribution in [2.24, 2.45) is 0 Å². The van der Waals surface area contributed by atoms with Gasteiger partial charge in [0.25, 0.3) is 0 Å². The van der Waals surface area contributed by atoms with Crippen LogP contribution in [0.4, 0.5) is 0 Å². The first-order valence-corrected chi connectivity index (χ1v) is 10.3. The normalized spacial score (nSPS) is 19.0. The number of hydrogen-bond acceptors (Lipinski definition) is 5. The van der Waals surface area contributed by atoms with Crippen molar-refractivity contribution in [1.29, 1.82) is 0 Å². The summed E-state index contributed by atoms with van der Waals surface area (Å²) in [6.45, 7) is 1.92. The van der Waals surface area contributed by atoms with Crippen LogP contribution in [0.1, 0.15) is 26.2 Å². The van der Waals surface area contributed by atoms with Gasteiger partial charge >= 0.3 is 5.97 Å². The third kappa shape index (κ3) is 4.46. The summed E-state index contributed by atoms with van der Waals surface area (Å²) in [5.74, 6) is 5.46. The number of benzene rings is 1. The highest BCUT2D eigenvalue weighted by molar-refractivity contribution is 8.01. The topological polar surface area (TPSA) is 80.7 Å². The quantitative estimate of drug-likeness (QED) is 0.778. The predicted octanol–water partition coefficient (Wildman–Crippen LogP) is 2.60. The molecule has 1 aromatic rings. The fourth-order valence-corrected chi connectivity index (χ4v) is 6.14. The molecular formula is C17H20O5S2. The number of rotatable bonds is 6. The summed E-state index contributed by atoms with van der Waals surface area (Å²) < 4.78 is 30.9. The van der Waals surface area contributed by atoms with Crippen LogP contribution in [0, 0.1) is 11.8 Å². The molecule has 0 saturated carbocycles. The van der Waals surface area contributed by atoms with E-state index in [1.54, 1.807) is 6.92 Å². The Morgan fingerprint density at radius 2 is 2.08 bits per heavy atom. The second kappa shape index (κ2) is 8.45. The van der Waals surface area contributed by atoms with E-state index in [1.807, 2.05) is 0 Å². The van der Waals surface area contributed by atoms with Gasteiger partial charge in [0.1, 0.15) is 12.4 Å². The van der Waals surface area contributed by atoms with E-state index < -0.39 is 26.3 Å². The number of aliphatic carboxylic acids is 1. The molecule has 2 unspecified atom stereocenters. The molecule has 1 N–H and O–H groups in total. The van der Waals surface area contributed by atoms with Crippen LogP contribution in [0.15, 0.2) is 29.2 Å². The Hall–Kier alpha value is -1.65. The molecule has 2 atom stereocenters. The largest absolute Gasteiger partial charge is 0.481 e. The molecule has 0 aromatic heterocycles. The zero-order valence-electron chi connectivity index (χ0n) is 13.4. The fraction of sp³-hybridized carbons (Fsp3) is 0.471. The zero-order chi connectivity index (χ0) is 17.6. The number of carboxylic acids is 1. The summed E-state index contributed by atoms with van der Waals surface area (Å²) in [7, 11) is -3.95. The van der Waals surface area contributed by atoms with Crippen LogP contribution in [0.25, 0.3) is 0 Å². The van der Waals surface area contributed by atoms with Gasteiger partial charge in [-0.25, -0.2) is 8.42 Å². The second-order valence-corrected chi connectivity index (χ2v) is 8.81. The smallest absolute Gasteiger partial charge is 0.323 e. The molecule has 1 aromatic carbocycles. The highest BCUT2D eigenvalue weighted by Gasteiger charge is 2.41. The second-order valence-electron chi connectivity index (χ2n) is 5.40. The van der Waals surface area contributed by atoms with Crippen molar-refractivity contribution in [3.8, 4) is 17.6 Å². The maximum atomic E-state index is 12.8. The standard InChI is InChI=1S/C17H20O5S2/c1-2-3-11-22-13-7-9-14(10-8-13)24(20,21)16(17(18)19)15-6-4-5-12-23-15/h7-10,15-16H,4-6,11-12H2,1H3,(H,18,19). The lowest BCUT2D eigenvalue weighted by atomic mass is 10.1. The molecule has 0 bridgehead atoms. The van der Waals surface area contributed by atoms with Crippen molar-refractivity contribution in [1.82, 2.24) is 0 Å². The summed E-state index contributed by atoms with van der Waals surface area (Å²) in [5, 5.41) is 7.67. The van der Waals surface area contributed by atoms with E-state index in [9.17, 15) is 18.3 Å². The Bertz CT molecular complexity index is 722. The van der Waals surface area contributed by atoms with E-state index in [-0.39, 0.29) is 11.5 Å². The molecule has 0 aliphatic carbocycles. The van der Waals surface area contributed by atoms with E-state index in [4.69, 9.17) is 4.74 Å². The van der Waals surface area contributed by atoms with E-state index in [1.165, 1.54) is 36.0 Å². The van der Waals surface area contributed by atoms with Crippen LogP contribution < -0.4 is 4.74 Å². The Morgan fingerprint density at radius 1 is 1.38 bits per heavy atom. The van der Waals surface area contributed by atoms with Crippen LogP contribution in [-0.4, -0.2) is 42.4 Å². The predicted molar refractivity (Wildman–Crippen MR) is 94.1 cm³/mol. The van der Waals surface area contributed by atoms with Gasteiger partial charge in [0.05, 0.1) is 4.90 Å². The minimum absolute atomic E-state index is 0.00926. The van der Waals surface area contributed by atoms with Crippen LogP contribution >= 0.6 is 11.8 Å². The maximum absolute atomic E-state index is 12.8. The average Bonchev–Trinajstić information content (AvgIpc) is 2.56. The number of ether oxygens (including phenoxy) is 1. The Morgan fingerprint density at radius 3 is 2.62 bits per heavy atom. The molecule has 2 rings (SSSR count). The lowest BCUT2D eigenvalue weighted by molar-refractivity contribution is -0.136. The molecule has 0 radical (unpaired) electrons. The molecule has 5 nitrogen and oxygen atoms in total. The number of hydrogen-bond donors (Lipinski definition) is 1. The molecular weight excluding hydrogens is 348 g/mol. The molecule has 1 heterocycles. The Balaban J connectivity index is 2.22. The van der Waals surface area contributed by atoms with Crippen molar-refractivity contribution in [3.05, 3.63) is 24.3 Å².